The zero-order valence-corrected chi connectivity index (χ0v) is 10.6. The van der Waals surface area contributed by atoms with Crippen LogP contribution in [0.15, 0.2) is 0 Å². The Morgan fingerprint density at radius 2 is 2.12 bits per heavy atom. The highest BCUT2D eigenvalue weighted by molar-refractivity contribution is 5.87. The zero-order valence-electron chi connectivity index (χ0n) is 9.83. The Morgan fingerprint density at radius 3 is 2.56 bits per heavy atom. The largest absolute Gasteiger partial charge is 0.467 e. The van der Waals surface area contributed by atoms with Gasteiger partial charge < -0.3 is 15.4 Å². The monoisotopic (exact) mass is 250 g/mol. The molecule has 1 unspecified atom stereocenters. The van der Waals surface area contributed by atoms with Crippen molar-refractivity contribution >= 4 is 24.3 Å². The van der Waals surface area contributed by atoms with E-state index in [4.69, 9.17) is 0 Å². The lowest BCUT2D eigenvalue weighted by molar-refractivity contribution is -0.145. The lowest BCUT2D eigenvalue weighted by atomic mass is 9.88. The van der Waals surface area contributed by atoms with Crippen molar-refractivity contribution in [3.63, 3.8) is 0 Å². The molecule has 0 aromatic carbocycles. The van der Waals surface area contributed by atoms with E-state index < -0.39 is 17.4 Å². The summed E-state index contributed by atoms with van der Waals surface area (Å²) in [6.07, 6.45) is 0.798. The molecule has 1 heterocycles. The van der Waals surface area contributed by atoms with Gasteiger partial charge in [-0.15, -0.1) is 12.4 Å². The van der Waals surface area contributed by atoms with Crippen LogP contribution in [-0.2, 0) is 14.3 Å². The van der Waals surface area contributed by atoms with Crippen LogP contribution in [0.3, 0.4) is 0 Å². The summed E-state index contributed by atoms with van der Waals surface area (Å²) in [5, 5.41) is 5.79. The number of ether oxygens (including phenoxy) is 1. The molecule has 0 aliphatic carbocycles. The van der Waals surface area contributed by atoms with E-state index in [1.54, 1.807) is 6.92 Å². The molecule has 0 spiro atoms. The molecular formula is C10H19ClN2O3. The molecule has 0 radical (unpaired) electrons. The molecule has 5 nitrogen and oxygen atoms in total. The maximum atomic E-state index is 11.8. The van der Waals surface area contributed by atoms with E-state index in [-0.39, 0.29) is 18.3 Å². The molecule has 2 N–H and O–H groups in total. The molecular weight excluding hydrogens is 232 g/mol. The highest BCUT2D eigenvalue weighted by atomic mass is 35.5. The Bertz CT molecular complexity index is 265. The minimum atomic E-state index is -0.583. The maximum Gasteiger partial charge on any atom is 0.328 e. The van der Waals surface area contributed by atoms with Crippen LogP contribution in [0, 0.1) is 5.41 Å². The fourth-order valence-electron chi connectivity index (χ4n) is 1.62. The third-order valence-corrected chi connectivity index (χ3v) is 2.82. The zero-order chi connectivity index (χ0) is 11.5. The van der Waals surface area contributed by atoms with Gasteiger partial charge in [0.25, 0.3) is 0 Å². The van der Waals surface area contributed by atoms with Crippen LogP contribution in [-0.4, -0.2) is 38.1 Å². The number of hydrogen-bond donors (Lipinski definition) is 2. The Kier molecular flexibility index (Phi) is 5.75. The molecule has 1 aliphatic rings. The summed E-state index contributed by atoms with van der Waals surface area (Å²) in [4.78, 5) is 23.0. The molecule has 1 amide bonds. The van der Waals surface area contributed by atoms with E-state index in [1.165, 1.54) is 7.11 Å². The SMILES string of the molecule is COC(=O)[C@@H](C)NC(=O)C1(C)CCNC1.Cl. The summed E-state index contributed by atoms with van der Waals surface area (Å²) in [5.41, 5.74) is -0.401. The summed E-state index contributed by atoms with van der Waals surface area (Å²) in [6.45, 7) is 5.02. The van der Waals surface area contributed by atoms with Crippen molar-refractivity contribution in [3.8, 4) is 0 Å². The third-order valence-electron chi connectivity index (χ3n) is 2.82. The van der Waals surface area contributed by atoms with Gasteiger partial charge in [0.2, 0.25) is 5.91 Å². The number of carbonyl (C=O) groups excluding carboxylic acids is 2. The van der Waals surface area contributed by atoms with Crippen LogP contribution >= 0.6 is 12.4 Å². The first-order valence-electron chi connectivity index (χ1n) is 5.09. The molecule has 1 saturated heterocycles. The maximum absolute atomic E-state index is 11.8. The van der Waals surface area contributed by atoms with Gasteiger partial charge in [0.1, 0.15) is 6.04 Å². The first kappa shape index (κ1) is 15.2. The van der Waals surface area contributed by atoms with Crippen LogP contribution in [0.1, 0.15) is 20.3 Å². The topological polar surface area (TPSA) is 67.4 Å². The Hall–Kier alpha value is -0.810. The lowest BCUT2D eigenvalue weighted by Gasteiger charge is -2.23. The molecule has 94 valence electrons. The standard InChI is InChI=1S/C10H18N2O3.ClH/c1-7(8(13)15-3)12-9(14)10(2)4-5-11-6-10;/h7,11H,4-6H2,1-3H3,(H,12,14);1H/t7-,10?;/m1./s1. The summed E-state index contributed by atoms with van der Waals surface area (Å²) in [7, 11) is 1.31. The van der Waals surface area contributed by atoms with Crippen LogP contribution < -0.4 is 10.6 Å². The number of hydrogen-bond acceptors (Lipinski definition) is 4. The van der Waals surface area contributed by atoms with Crippen molar-refractivity contribution in [2.45, 2.75) is 26.3 Å². The van der Waals surface area contributed by atoms with Crippen molar-refractivity contribution in [2.75, 3.05) is 20.2 Å². The van der Waals surface area contributed by atoms with Gasteiger partial charge in [-0.25, -0.2) is 4.79 Å². The second-order valence-corrected chi connectivity index (χ2v) is 4.21. The van der Waals surface area contributed by atoms with Crippen molar-refractivity contribution < 1.29 is 14.3 Å². The summed E-state index contributed by atoms with van der Waals surface area (Å²) in [6, 6.07) is -0.583. The van der Waals surface area contributed by atoms with Crippen LogP contribution in [0.25, 0.3) is 0 Å². The molecule has 0 aromatic heterocycles. The number of nitrogens with one attached hydrogen (secondary N) is 2. The molecule has 2 atom stereocenters. The number of carbonyl (C=O) groups is 2. The molecule has 0 aromatic rings. The van der Waals surface area contributed by atoms with Gasteiger partial charge in [0, 0.05) is 6.54 Å². The van der Waals surface area contributed by atoms with Crippen molar-refractivity contribution in [2.24, 2.45) is 5.41 Å². The predicted octanol–water partition coefficient (Wildman–Crippen LogP) is 0.0855. The number of amides is 1. The molecule has 6 heteroatoms. The quantitative estimate of drug-likeness (QED) is 0.697. The third kappa shape index (κ3) is 3.35. The average molecular weight is 251 g/mol. The first-order chi connectivity index (χ1) is 6.99. The Labute approximate surface area is 102 Å². The van der Waals surface area contributed by atoms with E-state index in [1.807, 2.05) is 6.92 Å². The highest BCUT2D eigenvalue weighted by Gasteiger charge is 2.37. The minimum absolute atomic E-state index is 0. The van der Waals surface area contributed by atoms with Crippen molar-refractivity contribution in [3.05, 3.63) is 0 Å². The molecule has 1 fully saturated rings. The van der Waals surface area contributed by atoms with Crippen LogP contribution in [0.4, 0.5) is 0 Å². The van der Waals surface area contributed by atoms with Crippen molar-refractivity contribution in [1.82, 2.24) is 10.6 Å². The Morgan fingerprint density at radius 1 is 1.50 bits per heavy atom. The second-order valence-electron chi connectivity index (χ2n) is 4.21. The van der Waals surface area contributed by atoms with Crippen LogP contribution in [0.2, 0.25) is 0 Å². The number of methoxy groups -OCH3 is 1. The van der Waals surface area contributed by atoms with Gasteiger partial charge in [-0.05, 0) is 26.8 Å². The number of esters is 1. The van der Waals surface area contributed by atoms with Gasteiger partial charge in [-0.2, -0.15) is 0 Å². The fourth-order valence-corrected chi connectivity index (χ4v) is 1.62. The molecule has 16 heavy (non-hydrogen) atoms. The lowest BCUT2D eigenvalue weighted by Crippen LogP contribution is -2.47. The van der Waals surface area contributed by atoms with Crippen LogP contribution in [0.5, 0.6) is 0 Å². The van der Waals surface area contributed by atoms with Gasteiger partial charge in [-0.1, -0.05) is 0 Å². The van der Waals surface area contributed by atoms with E-state index >= 15 is 0 Å². The number of halogens is 1. The minimum Gasteiger partial charge on any atom is -0.467 e. The smallest absolute Gasteiger partial charge is 0.328 e. The Balaban J connectivity index is 0.00000225. The average Bonchev–Trinajstić information content (AvgIpc) is 2.65. The van der Waals surface area contributed by atoms with Gasteiger partial charge in [0.05, 0.1) is 12.5 Å². The predicted molar refractivity (Wildman–Crippen MR) is 62.5 cm³/mol. The molecule has 0 saturated carbocycles. The summed E-state index contributed by atoms with van der Waals surface area (Å²) in [5.74, 6) is -0.511. The van der Waals surface area contributed by atoms with E-state index in [2.05, 4.69) is 15.4 Å². The van der Waals surface area contributed by atoms with E-state index in [0.29, 0.717) is 6.54 Å². The van der Waals surface area contributed by atoms with Gasteiger partial charge >= 0.3 is 5.97 Å². The highest BCUT2D eigenvalue weighted by Crippen LogP contribution is 2.24. The van der Waals surface area contributed by atoms with Gasteiger partial charge in [-0.3, -0.25) is 4.79 Å². The van der Waals surface area contributed by atoms with E-state index in [9.17, 15) is 9.59 Å². The summed E-state index contributed by atoms with van der Waals surface area (Å²) < 4.78 is 4.54. The fraction of sp³-hybridized carbons (Fsp3) is 0.800. The molecule has 1 aliphatic heterocycles. The first-order valence-corrected chi connectivity index (χ1v) is 5.09. The molecule has 0 bridgehead atoms. The van der Waals surface area contributed by atoms with E-state index in [0.717, 1.165) is 13.0 Å². The summed E-state index contributed by atoms with van der Waals surface area (Å²) >= 11 is 0. The van der Waals surface area contributed by atoms with Gasteiger partial charge in [0.15, 0.2) is 0 Å². The number of rotatable bonds is 3. The molecule has 1 rings (SSSR count). The normalized spacial score (nSPS) is 25.4. The second kappa shape index (κ2) is 6.06. The van der Waals surface area contributed by atoms with Crippen molar-refractivity contribution in [1.29, 1.82) is 0 Å².